The Morgan fingerprint density at radius 1 is 1.29 bits per heavy atom. The number of aryl methyl sites for hydroxylation is 1. The average molecular weight is 348 g/mol. The Balaban J connectivity index is 1.36. The maximum Gasteiger partial charge on any atom is 0.225 e. The first-order valence-electron chi connectivity index (χ1n) is 9.04. The van der Waals surface area contributed by atoms with Gasteiger partial charge in [-0.15, -0.1) is 0 Å². The van der Waals surface area contributed by atoms with E-state index in [1.807, 2.05) is 17.9 Å². The van der Waals surface area contributed by atoms with Crippen LogP contribution in [0.15, 0.2) is 18.2 Å². The van der Waals surface area contributed by atoms with Crippen LogP contribution in [0.2, 0.25) is 5.02 Å². The van der Waals surface area contributed by atoms with E-state index < -0.39 is 5.60 Å². The van der Waals surface area contributed by atoms with E-state index in [1.54, 1.807) is 0 Å². The fourth-order valence-corrected chi connectivity index (χ4v) is 5.44. The molecule has 4 heteroatoms. The third-order valence-corrected chi connectivity index (χ3v) is 6.70. The van der Waals surface area contributed by atoms with E-state index in [4.69, 9.17) is 11.6 Å². The zero-order valence-corrected chi connectivity index (χ0v) is 15.3. The van der Waals surface area contributed by atoms with Crippen molar-refractivity contribution >= 4 is 17.5 Å². The van der Waals surface area contributed by atoms with E-state index in [2.05, 4.69) is 19.1 Å². The lowest BCUT2D eigenvalue weighted by molar-refractivity contribution is -0.161. The lowest BCUT2D eigenvalue weighted by Gasteiger charge is -2.52. The summed E-state index contributed by atoms with van der Waals surface area (Å²) in [5, 5.41) is 10.6. The van der Waals surface area contributed by atoms with Crippen LogP contribution in [-0.2, 0) is 4.79 Å². The van der Waals surface area contributed by atoms with Crippen LogP contribution >= 0.6 is 11.6 Å². The molecule has 1 aromatic carbocycles. The molecular formula is C20H26ClNO2. The van der Waals surface area contributed by atoms with Crippen LogP contribution in [-0.4, -0.2) is 34.6 Å². The maximum absolute atomic E-state index is 12.5. The number of rotatable bonds is 2. The van der Waals surface area contributed by atoms with E-state index in [0.717, 1.165) is 18.1 Å². The van der Waals surface area contributed by atoms with Gasteiger partial charge < -0.3 is 10.0 Å². The van der Waals surface area contributed by atoms with Gasteiger partial charge in [-0.25, -0.2) is 0 Å². The Hall–Kier alpha value is -1.06. The van der Waals surface area contributed by atoms with Gasteiger partial charge in [0.25, 0.3) is 0 Å². The van der Waals surface area contributed by atoms with Crippen molar-refractivity contribution in [3.05, 3.63) is 34.3 Å². The van der Waals surface area contributed by atoms with E-state index >= 15 is 0 Å². The number of likely N-dealkylation sites (tertiary alicyclic amines) is 1. The van der Waals surface area contributed by atoms with E-state index in [1.165, 1.54) is 30.4 Å². The summed E-state index contributed by atoms with van der Waals surface area (Å²) in [5.41, 5.74) is 2.43. The Morgan fingerprint density at radius 3 is 2.62 bits per heavy atom. The SMILES string of the molecule is Cc1cc(Cl)ccc1C1CCC2(C1)CN(C(=O)[C@H]1C[C@@](C)(O)C1)C2. The summed E-state index contributed by atoms with van der Waals surface area (Å²) in [5.74, 6) is 0.912. The fraction of sp³-hybridized carbons (Fsp3) is 0.650. The average Bonchev–Trinajstić information content (AvgIpc) is 2.87. The van der Waals surface area contributed by atoms with Crippen molar-refractivity contribution in [2.45, 2.75) is 57.5 Å². The van der Waals surface area contributed by atoms with Crippen LogP contribution in [0.25, 0.3) is 0 Å². The summed E-state index contributed by atoms with van der Waals surface area (Å²) >= 11 is 6.08. The number of hydrogen-bond acceptors (Lipinski definition) is 2. The molecule has 1 heterocycles. The predicted octanol–water partition coefficient (Wildman–Crippen LogP) is 3.91. The minimum absolute atomic E-state index is 0.0491. The zero-order valence-electron chi connectivity index (χ0n) is 14.5. The summed E-state index contributed by atoms with van der Waals surface area (Å²) < 4.78 is 0. The molecule has 130 valence electrons. The highest BCUT2D eigenvalue weighted by atomic mass is 35.5. The highest BCUT2D eigenvalue weighted by molar-refractivity contribution is 6.30. The smallest absolute Gasteiger partial charge is 0.225 e. The summed E-state index contributed by atoms with van der Waals surface area (Å²) in [6.45, 7) is 5.79. The van der Waals surface area contributed by atoms with Crippen LogP contribution in [0, 0.1) is 18.3 Å². The van der Waals surface area contributed by atoms with Gasteiger partial charge in [-0.1, -0.05) is 17.7 Å². The lowest BCUT2D eigenvalue weighted by Crippen LogP contribution is -2.61. The molecule has 0 radical (unpaired) electrons. The van der Waals surface area contributed by atoms with Crippen LogP contribution in [0.4, 0.5) is 0 Å². The third-order valence-electron chi connectivity index (χ3n) is 6.46. The number of halogens is 1. The minimum Gasteiger partial charge on any atom is -0.390 e. The first-order chi connectivity index (χ1) is 11.3. The second-order valence-corrected chi connectivity index (χ2v) is 9.17. The molecule has 1 aromatic rings. The van der Waals surface area contributed by atoms with Gasteiger partial charge in [0.1, 0.15) is 0 Å². The zero-order chi connectivity index (χ0) is 17.1. The maximum atomic E-state index is 12.5. The van der Waals surface area contributed by atoms with Gasteiger partial charge in [-0.2, -0.15) is 0 Å². The largest absolute Gasteiger partial charge is 0.390 e. The minimum atomic E-state index is -0.618. The fourth-order valence-electron chi connectivity index (χ4n) is 5.21. The normalized spacial score (nSPS) is 34.1. The molecule has 3 fully saturated rings. The molecule has 0 bridgehead atoms. The molecule has 3 aliphatic rings. The number of amides is 1. The monoisotopic (exact) mass is 347 g/mol. The molecule has 1 N–H and O–H groups in total. The predicted molar refractivity (Wildman–Crippen MR) is 95.1 cm³/mol. The number of nitrogens with zero attached hydrogens (tertiary/aromatic N) is 1. The number of aliphatic hydroxyl groups is 1. The van der Waals surface area contributed by atoms with Crippen molar-refractivity contribution in [2.75, 3.05) is 13.1 Å². The highest BCUT2D eigenvalue weighted by Gasteiger charge is 2.53. The molecule has 1 aliphatic heterocycles. The molecule has 1 amide bonds. The standard InChI is InChI=1S/C20H26ClNO2/c1-13-7-16(21)3-4-17(13)14-5-6-20(10-14)11-22(12-20)18(23)15-8-19(2,24)9-15/h3-4,7,14-15,24H,5-6,8-12H2,1-2H3/t14?,15-,19+. The third kappa shape index (κ3) is 2.76. The number of benzene rings is 1. The van der Waals surface area contributed by atoms with E-state index in [-0.39, 0.29) is 11.8 Å². The molecule has 1 atom stereocenters. The van der Waals surface area contributed by atoms with E-state index in [9.17, 15) is 9.90 Å². The Labute approximate surface area is 149 Å². The summed E-state index contributed by atoms with van der Waals surface area (Å²) in [6.07, 6.45) is 4.86. The summed E-state index contributed by atoms with van der Waals surface area (Å²) in [4.78, 5) is 14.5. The van der Waals surface area contributed by atoms with Crippen molar-refractivity contribution in [1.82, 2.24) is 4.90 Å². The number of carbonyl (C=O) groups is 1. The van der Waals surface area contributed by atoms with Crippen molar-refractivity contribution in [3.63, 3.8) is 0 Å². The summed E-state index contributed by atoms with van der Waals surface area (Å²) in [6, 6.07) is 6.23. The Kier molecular flexibility index (Phi) is 3.74. The van der Waals surface area contributed by atoms with Crippen molar-refractivity contribution < 1.29 is 9.90 Å². The quantitative estimate of drug-likeness (QED) is 0.881. The molecule has 3 nitrogen and oxygen atoms in total. The first-order valence-corrected chi connectivity index (χ1v) is 9.42. The van der Waals surface area contributed by atoms with Gasteiger partial charge in [0.15, 0.2) is 0 Å². The van der Waals surface area contributed by atoms with Gasteiger partial charge in [-0.3, -0.25) is 4.79 Å². The van der Waals surface area contributed by atoms with Crippen molar-refractivity contribution in [3.8, 4) is 0 Å². The highest BCUT2D eigenvalue weighted by Crippen LogP contribution is 2.53. The number of carbonyl (C=O) groups excluding carboxylic acids is 1. The van der Waals surface area contributed by atoms with Crippen molar-refractivity contribution in [1.29, 1.82) is 0 Å². The molecule has 1 spiro atoms. The molecule has 24 heavy (non-hydrogen) atoms. The molecular weight excluding hydrogens is 322 g/mol. The van der Waals surface area contributed by atoms with Crippen LogP contribution in [0.3, 0.4) is 0 Å². The molecule has 1 unspecified atom stereocenters. The molecule has 2 saturated carbocycles. The van der Waals surface area contributed by atoms with Crippen molar-refractivity contribution in [2.24, 2.45) is 11.3 Å². The first kappa shape index (κ1) is 16.4. The van der Waals surface area contributed by atoms with Crippen LogP contribution in [0.5, 0.6) is 0 Å². The summed E-state index contributed by atoms with van der Waals surface area (Å²) in [7, 11) is 0. The van der Waals surface area contributed by atoms with Crippen LogP contribution in [0.1, 0.15) is 56.1 Å². The van der Waals surface area contributed by atoms with E-state index in [0.29, 0.717) is 24.2 Å². The van der Waals surface area contributed by atoms with Gasteiger partial charge in [0, 0.05) is 29.4 Å². The lowest BCUT2D eigenvalue weighted by atomic mass is 9.69. The molecule has 2 aliphatic carbocycles. The number of hydrogen-bond donors (Lipinski definition) is 1. The second kappa shape index (κ2) is 5.47. The van der Waals surface area contributed by atoms with Gasteiger partial charge in [0.2, 0.25) is 5.91 Å². The molecule has 1 saturated heterocycles. The second-order valence-electron chi connectivity index (χ2n) is 8.74. The van der Waals surface area contributed by atoms with Crippen LogP contribution < -0.4 is 0 Å². The molecule has 0 aromatic heterocycles. The van der Waals surface area contributed by atoms with Gasteiger partial charge >= 0.3 is 0 Å². The molecule has 4 rings (SSSR count). The Bertz CT molecular complexity index is 670. The van der Waals surface area contributed by atoms with Gasteiger partial charge in [0.05, 0.1) is 5.60 Å². The topological polar surface area (TPSA) is 40.5 Å². The van der Waals surface area contributed by atoms with Gasteiger partial charge in [-0.05, 0) is 75.1 Å². The Morgan fingerprint density at radius 2 is 2.00 bits per heavy atom.